The van der Waals surface area contributed by atoms with Crippen LogP contribution in [0.4, 0.5) is 23.9 Å². The summed E-state index contributed by atoms with van der Waals surface area (Å²) in [6.07, 6.45) is -2.23. The van der Waals surface area contributed by atoms with E-state index in [0.29, 0.717) is 30.2 Å². The van der Waals surface area contributed by atoms with Crippen molar-refractivity contribution in [2.45, 2.75) is 38.7 Å². The van der Waals surface area contributed by atoms with Crippen molar-refractivity contribution in [3.63, 3.8) is 0 Å². The molecule has 2 aromatic rings. The Morgan fingerprint density at radius 2 is 2.17 bits per heavy atom. The summed E-state index contributed by atoms with van der Waals surface area (Å²) < 4.78 is 38.4. The van der Waals surface area contributed by atoms with Crippen molar-refractivity contribution in [1.29, 1.82) is 0 Å². The number of rotatable bonds is 5. The van der Waals surface area contributed by atoms with Gasteiger partial charge in [-0.25, -0.2) is 14.8 Å². The molecule has 0 fully saturated rings. The number of aromatic nitrogens is 2. The highest BCUT2D eigenvalue weighted by atomic mass is 35.5. The lowest BCUT2D eigenvalue weighted by Gasteiger charge is -2.28. The molecular formula is C19H21ClF3N5O2. The zero-order valence-electron chi connectivity index (χ0n) is 16.1. The van der Waals surface area contributed by atoms with Gasteiger partial charge >= 0.3 is 12.2 Å². The molecule has 11 heteroatoms. The third kappa shape index (κ3) is 5.31. The Labute approximate surface area is 176 Å². The van der Waals surface area contributed by atoms with Crippen molar-refractivity contribution in [1.82, 2.24) is 20.2 Å². The first-order chi connectivity index (χ1) is 14.2. The maximum Gasteiger partial charge on any atom is 0.417 e. The Kier molecular flexibility index (Phi) is 6.67. The van der Waals surface area contributed by atoms with E-state index in [2.05, 4.69) is 20.6 Å². The van der Waals surface area contributed by atoms with Crippen molar-refractivity contribution < 1.29 is 23.1 Å². The molecule has 0 unspecified atom stereocenters. The van der Waals surface area contributed by atoms with Crippen LogP contribution in [0, 0.1) is 0 Å². The number of hydrogen-bond donors (Lipinski definition) is 3. The number of anilines is 1. The number of carbonyl (C=O) groups excluding carboxylic acids is 1. The van der Waals surface area contributed by atoms with Crippen molar-refractivity contribution >= 4 is 23.6 Å². The Hall–Kier alpha value is -2.59. The van der Waals surface area contributed by atoms with Gasteiger partial charge in [0.05, 0.1) is 29.4 Å². The van der Waals surface area contributed by atoms with Gasteiger partial charge in [-0.15, -0.1) is 0 Å². The molecule has 30 heavy (non-hydrogen) atoms. The number of benzene rings is 1. The second-order valence-electron chi connectivity index (χ2n) is 7.04. The molecule has 2 amide bonds. The fraction of sp³-hybridized carbons (Fsp3) is 0.421. The molecule has 1 aromatic carbocycles. The number of aliphatic hydroxyl groups excluding tert-OH is 1. The minimum Gasteiger partial charge on any atom is -0.394 e. The SMILES string of the molecule is C[C@@H](CO)Nc1ncc2c(n1)CN(C(=O)NCc1ccc(C(F)(F)F)c(Cl)c1)CC2. The van der Waals surface area contributed by atoms with E-state index in [9.17, 15) is 18.0 Å². The van der Waals surface area contributed by atoms with Gasteiger partial charge in [-0.1, -0.05) is 17.7 Å². The molecule has 7 nitrogen and oxygen atoms in total. The molecular weight excluding hydrogens is 423 g/mol. The first-order valence-corrected chi connectivity index (χ1v) is 9.65. The highest BCUT2D eigenvalue weighted by Gasteiger charge is 2.33. The number of hydrogen-bond acceptors (Lipinski definition) is 5. The van der Waals surface area contributed by atoms with E-state index in [0.717, 1.165) is 11.6 Å². The summed E-state index contributed by atoms with van der Waals surface area (Å²) in [5, 5.41) is 14.4. The molecule has 0 aliphatic carbocycles. The van der Waals surface area contributed by atoms with Crippen LogP contribution in [-0.2, 0) is 25.7 Å². The van der Waals surface area contributed by atoms with Crippen LogP contribution in [0.2, 0.25) is 5.02 Å². The molecule has 0 saturated heterocycles. The van der Waals surface area contributed by atoms with Crippen molar-refractivity contribution in [3.8, 4) is 0 Å². The van der Waals surface area contributed by atoms with Crippen LogP contribution >= 0.6 is 11.6 Å². The molecule has 0 radical (unpaired) electrons. The molecule has 1 aliphatic heterocycles. The molecule has 3 rings (SSSR count). The van der Waals surface area contributed by atoms with Gasteiger partial charge < -0.3 is 20.6 Å². The standard InChI is InChI=1S/C19H21ClF3N5O2/c1-11(10-29)26-17-24-8-13-4-5-28(9-16(13)27-17)18(30)25-7-12-2-3-14(15(20)6-12)19(21,22)23/h2-3,6,8,11,29H,4-5,7,9-10H2,1H3,(H,25,30)(H,24,26,27)/t11-/m0/s1. The molecule has 1 aromatic heterocycles. The van der Waals surface area contributed by atoms with E-state index in [1.165, 1.54) is 12.1 Å². The van der Waals surface area contributed by atoms with Gasteiger partial charge in [0.2, 0.25) is 5.95 Å². The number of aliphatic hydroxyl groups is 1. The smallest absolute Gasteiger partial charge is 0.394 e. The average molecular weight is 444 g/mol. The van der Waals surface area contributed by atoms with Crippen LogP contribution in [0.3, 0.4) is 0 Å². The Bertz CT molecular complexity index is 926. The zero-order valence-corrected chi connectivity index (χ0v) is 16.9. The maximum atomic E-state index is 12.8. The van der Waals surface area contributed by atoms with Gasteiger partial charge in [-0.2, -0.15) is 13.2 Å². The Balaban J connectivity index is 1.61. The summed E-state index contributed by atoms with van der Waals surface area (Å²) in [4.78, 5) is 22.7. The predicted octanol–water partition coefficient (Wildman–Crippen LogP) is 3.21. The van der Waals surface area contributed by atoms with Gasteiger partial charge in [0.15, 0.2) is 0 Å². The van der Waals surface area contributed by atoms with E-state index in [4.69, 9.17) is 16.7 Å². The molecule has 0 saturated carbocycles. The normalized spacial score (nSPS) is 14.8. The van der Waals surface area contributed by atoms with Gasteiger partial charge in [0.1, 0.15) is 0 Å². The fourth-order valence-electron chi connectivity index (χ4n) is 3.00. The third-order valence-corrected chi connectivity index (χ3v) is 4.98. The second kappa shape index (κ2) is 9.05. The number of urea groups is 1. The molecule has 162 valence electrons. The maximum absolute atomic E-state index is 12.8. The second-order valence-corrected chi connectivity index (χ2v) is 7.44. The number of nitrogens with one attached hydrogen (secondary N) is 2. The number of carbonyl (C=O) groups is 1. The van der Waals surface area contributed by atoms with Crippen LogP contribution in [0.1, 0.15) is 29.3 Å². The third-order valence-electron chi connectivity index (χ3n) is 4.67. The van der Waals surface area contributed by atoms with E-state index >= 15 is 0 Å². The number of nitrogens with zero attached hydrogens (tertiary/aromatic N) is 3. The van der Waals surface area contributed by atoms with Gasteiger partial charge in [-0.05, 0) is 36.6 Å². The molecule has 0 bridgehead atoms. The summed E-state index contributed by atoms with van der Waals surface area (Å²) in [7, 11) is 0. The number of fused-ring (bicyclic) bond motifs is 1. The van der Waals surface area contributed by atoms with Crippen LogP contribution in [0.25, 0.3) is 0 Å². The van der Waals surface area contributed by atoms with Gasteiger partial charge in [0, 0.05) is 25.3 Å². The zero-order chi connectivity index (χ0) is 21.9. The topological polar surface area (TPSA) is 90.4 Å². The number of alkyl halides is 3. The quantitative estimate of drug-likeness (QED) is 0.660. The lowest BCUT2D eigenvalue weighted by Crippen LogP contribution is -2.42. The minimum atomic E-state index is -4.52. The minimum absolute atomic E-state index is 0.0463. The summed E-state index contributed by atoms with van der Waals surface area (Å²) in [6, 6.07) is 2.83. The lowest BCUT2D eigenvalue weighted by atomic mass is 10.1. The van der Waals surface area contributed by atoms with Crippen molar-refractivity contribution in [2.75, 3.05) is 18.5 Å². The summed E-state index contributed by atoms with van der Waals surface area (Å²) >= 11 is 5.72. The van der Waals surface area contributed by atoms with E-state index in [-0.39, 0.29) is 31.8 Å². The summed E-state index contributed by atoms with van der Waals surface area (Å²) in [5.41, 5.74) is 1.20. The highest BCUT2D eigenvalue weighted by Crippen LogP contribution is 2.34. The van der Waals surface area contributed by atoms with E-state index in [1.807, 2.05) is 0 Å². The number of amides is 2. The fourth-order valence-corrected chi connectivity index (χ4v) is 3.31. The summed E-state index contributed by atoms with van der Waals surface area (Å²) in [5.74, 6) is 0.372. The molecule has 2 heterocycles. The predicted molar refractivity (Wildman–Crippen MR) is 105 cm³/mol. The Morgan fingerprint density at radius 3 is 2.83 bits per heavy atom. The summed E-state index contributed by atoms with van der Waals surface area (Å²) in [6.45, 7) is 2.51. The molecule has 1 atom stereocenters. The number of halogens is 4. The van der Waals surface area contributed by atoms with E-state index in [1.54, 1.807) is 18.0 Å². The Morgan fingerprint density at radius 1 is 1.40 bits per heavy atom. The van der Waals surface area contributed by atoms with Gasteiger partial charge in [-0.3, -0.25) is 0 Å². The van der Waals surface area contributed by atoms with Crippen LogP contribution in [0.15, 0.2) is 24.4 Å². The van der Waals surface area contributed by atoms with Gasteiger partial charge in [0.25, 0.3) is 0 Å². The van der Waals surface area contributed by atoms with Crippen LogP contribution < -0.4 is 10.6 Å². The van der Waals surface area contributed by atoms with Crippen LogP contribution in [0.5, 0.6) is 0 Å². The first kappa shape index (κ1) is 22.1. The largest absolute Gasteiger partial charge is 0.417 e. The monoisotopic (exact) mass is 443 g/mol. The molecule has 1 aliphatic rings. The van der Waals surface area contributed by atoms with Crippen molar-refractivity contribution in [2.24, 2.45) is 0 Å². The molecule has 0 spiro atoms. The van der Waals surface area contributed by atoms with Crippen LogP contribution in [-0.4, -0.2) is 45.2 Å². The average Bonchev–Trinajstić information content (AvgIpc) is 2.70. The lowest BCUT2D eigenvalue weighted by molar-refractivity contribution is -0.137. The first-order valence-electron chi connectivity index (χ1n) is 9.28. The van der Waals surface area contributed by atoms with Crippen molar-refractivity contribution in [3.05, 3.63) is 51.8 Å². The molecule has 3 N–H and O–H groups in total. The highest BCUT2D eigenvalue weighted by molar-refractivity contribution is 6.31. The van der Waals surface area contributed by atoms with E-state index < -0.39 is 16.8 Å².